The molecule has 5 nitrogen and oxygen atoms in total. The molecule has 0 aliphatic heterocycles. The molecule has 36 heavy (non-hydrogen) atoms. The summed E-state index contributed by atoms with van der Waals surface area (Å²) in [5, 5.41) is 16.6. The molecule has 1 aromatic heterocycles. The van der Waals surface area contributed by atoms with Crippen LogP contribution in [0.3, 0.4) is 0 Å². The summed E-state index contributed by atoms with van der Waals surface area (Å²) < 4.78 is 7.91. The lowest BCUT2D eigenvalue weighted by atomic mass is 9.48. The maximum Gasteiger partial charge on any atom is 0.308 e. The molecular weight excluding hydrogens is 448 g/mol. The van der Waals surface area contributed by atoms with Gasteiger partial charge in [-0.1, -0.05) is 57.5 Å². The van der Waals surface area contributed by atoms with Gasteiger partial charge < -0.3 is 9.84 Å². The number of ether oxygens (including phenoxy) is 1. The van der Waals surface area contributed by atoms with Gasteiger partial charge in [0, 0.05) is 23.2 Å². The Kier molecular flexibility index (Phi) is 5.22. The minimum Gasteiger partial charge on any atom is -0.432 e. The zero-order valence-corrected chi connectivity index (χ0v) is 22.1. The Bertz CT molecular complexity index is 1280. The summed E-state index contributed by atoms with van der Waals surface area (Å²) in [4.78, 5) is 12.3. The van der Waals surface area contributed by atoms with Gasteiger partial charge in [0.2, 0.25) is 5.79 Å². The van der Waals surface area contributed by atoms with Crippen molar-refractivity contribution in [1.29, 1.82) is 0 Å². The number of rotatable bonds is 3. The summed E-state index contributed by atoms with van der Waals surface area (Å²) in [6.07, 6.45) is 10.9. The standard InChI is InChI=1S/C31H38N2O3/c1-6-28(34)36-31(35)20(3)15-26-23-14-19(2)25-16-27-21(18-32-33(27)22-10-8-7-9-11-22)17-29(25,4)24(23)12-13-30(26,31)5/h7-11,14,16,18,20,23-24,26,35H,6,12-13,15,17H2,1-5H3. The van der Waals surface area contributed by atoms with Gasteiger partial charge in [0.25, 0.3) is 0 Å². The lowest BCUT2D eigenvalue weighted by molar-refractivity contribution is -0.276. The predicted octanol–water partition coefficient (Wildman–Crippen LogP) is 6.11. The minimum atomic E-state index is -1.40. The van der Waals surface area contributed by atoms with Crippen LogP contribution in [0, 0.1) is 34.5 Å². The summed E-state index contributed by atoms with van der Waals surface area (Å²) in [5.74, 6) is -0.671. The highest BCUT2D eigenvalue weighted by atomic mass is 16.7. The maximum atomic E-state index is 12.3. The normalized spacial score (nSPS) is 38.7. The van der Waals surface area contributed by atoms with Gasteiger partial charge in [0.1, 0.15) is 0 Å². The van der Waals surface area contributed by atoms with E-state index in [-0.39, 0.29) is 29.6 Å². The monoisotopic (exact) mass is 486 g/mol. The molecule has 1 N–H and O–H groups in total. The first-order valence-corrected chi connectivity index (χ1v) is 13.6. The molecule has 0 radical (unpaired) electrons. The summed E-state index contributed by atoms with van der Waals surface area (Å²) >= 11 is 0. The number of para-hydroxylation sites is 1. The summed E-state index contributed by atoms with van der Waals surface area (Å²) in [6, 6.07) is 10.4. The average molecular weight is 487 g/mol. The number of allylic oxidation sites excluding steroid dienone is 3. The Labute approximate surface area is 214 Å². The second kappa shape index (κ2) is 7.92. The van der Waals surface area contributed by atoms with Crippen molar-refractivity contribution in [2.45, 2.75) is 72.5 Å². The largest absolute Gasteiger partial charge is 0.432 e. The van der Waals surface area contributed by atoms with Gasteiger partial charge in [-0.15, -0.1) is 0 Å². The van der Waals surface area contributed by atoms with Crippen LogP contribution in [0.5, 0.6) is 0 Å². The van der Waals surface area contributed by atoms with Crippen LogP contribution in [-0.4, -0.2) is 26.6 Å². The highest BCUT2D eigenvalue weighted by Crippen LogP contribution is 2.68. The molecule has 7 atom stereocenters. The molecule has 6 rings (SSSR count). The molecule has 2 aromatic rings. The van der Waals surface area contributed by atoms with Gasteiger partial charge >= 0.3 is 5.97 Å². The SMILES string of the molecule is CCC(=O)OC1(O)C(C)CC2C3C=C(C)C4=Cc5c(cnn5-c5ccccc5)CC4(C)C3CCC21C. The van der Waals surface area contributed by atoms with E-state index >= 15 is 0 Å². The van der Waals surface area contributed by atoms with Crippen molar-refractivity contribution in [3.8, 4) is 5.69 Å². The maximum absolute atomic E-state index is 12.3. The summed E-state index contributed by atoms with van der Waals surface area (Å²) in [5.41, 5.74) is 5.93. The Morgan fingerprint density at radius 2 is 1.97 bits per heavy atom. The van der Waals surface area contributed by atoms with Crippen LogP contribution in [0.15, 0.2) is 53.8 Å². The minimum absolute atomic E-state index is 0.0203. The van der Waals surface area contributed by atoms with Crippen LogP contribution in [0.25, 0.3) is 11.8 Å². The van der Waals surface area contributed by atoms with E-state index in [1.165, 1.54) is 22.4 Å². The molecule has 1 heterocycles. The molecule has 2 fully saturated rings. The fourth-order valence-electron chi connectivity index (χ4n) is 8.47. The number of benzene rings is 1. The summed E-state index contributed by atoms with van der Waals surface area (Å²) in [7, 11) is 0. The van der Waals surface area contributed by atoms with Crippen LogP contribution >= 0.6 is 0 Å². The zero-order valence-electron chi connectivity index (χ0n) is 22.1. The molecule has 7 unspecified atom stereocenters. The van der Waals surface area contributed by atoms with Gasteiger partial charge in [0.15, 0.2) is 0 Å². The van der Waals surface area contributed by atoms with Gasteiger partial charge in [-0.3, -0.25) is 4.79 Å². The average Bonchev–Trinajstić information content (AvgIpc) is 3.35. The second-order valence-corrected chi connectivity index (χ2v) is 12.2. The quantitative estimate of drug-likeness (QED) is 0.420. The van der Waals surface area contributed by atoms with Crippen molar-refractivity contribution >= 4 is 12.0 Å². The van der Waals surface area contributed by atoms with Gasteiger partial charge in [-0.2, -0.15) is 5.10 Å². The van der Waals surface area contributed by atoms with Gasteiger partial charge in [-0.05, 0) is 79.7 Å². The van der Waals surface area contributed by atoms with Gasteiger partial charge in [0.05, 0.1) is 17.6 Å². The number of hydrogen-bond acceptors (Lipinski definition) is 4. The van der Waals surface area contributed by atoms with Crippen molar-refractivity contribution in [2.75, 3.05) is 0 Å². The number of carbonyl (C=O) groups is 1. The molecule has 1 aromatic carbocycles. The molecule has 2 saturated carbocycles. The van der Waals surface area contributed by atoms with E-state index in [0.717, 1.165) is 31.4 Å². The lowest BCUT2D eigenvalue weighted by Crippen LogP contribution is -2.57. The van der Waals surface area contributed by atoms with E-state index in [4.69, 9.17) is 9.84 Å². The highest BCUT2D eigenvalue weighted by Gasteiger charge is 2.68. The molecule has 0 bridgehead atoms. The second-order valence-electron chi connectivity index (χ2n) is 12.2. The van der Waals surface area contributed by atoms with Crippen LogP contribution < -0.4 is 0 Å². The predicted molar refractivity (Wildman–Crippen MR) is 140 cm³/mol. The van der Waals surface area contributed by atoms with E-state index in [1.54, 1.807) is 6.92 Å². The fraction of sp³-hybridized carbons (Fsp3) is 0.548. The number of aliphatic hydroxyl groups is 1. The first-order chi connectivity index (χ1) is 17.1. The van der Waals surface area contributed by atoms with Gasteiger partial charge in [-0.25, -0.2) is 4.68 Å². The number of fused-ring (bicyclic) bond motifs is 6. The van der Waals surface area contributed by atoms with E-state index < -0.39 is 11.2 Å². The topological polar surface area (TPSA) is 64.3 Å². The smallest absolute Gasteiger partial charge is 0.308 e. The molecular formula is C31H38N2O3. The molecule has 0 saturated heterocycles. The van der Waals surface area contributed by atoms with Crippen LogP contribution in [0.4, 0.5) is 0 Å². The number of nitrogens with zero attached hydrogens (tertiary/aromatic N) is 2. The van der Waals surface area contributed by atoms with E-state index in [2.05, 4.69) is 75.0 Å². The number of esters is 1. The fourth-order valence-corrected chi connectivity index (χ4v) is 8.47. The number of hydrogen-bond donors (Lipinski definition) is 1. The van der Waals surface area contributed by atoms with Crippen LogP contribution in [-0.2, 0) is 16.0 Å². The van der Waals surface area contributed by atoms with E-state index in [1.807, 2.05) is 6.07 Å². The molecule has 4 aliphatic carbocycles. The lowest BCUT2D eigenvalue weighted by Gasteiger charge is -2.57. The van der Waals surface area contributed by atoms with Crippen molar-refractivity contribution in [3.63, 3.8) is 0 Å². The molecule has 4 aliphatic rings. The molecule has 0 spiro atoms. The Morgan fingerprint density at radius 3 is 2.69 bits per heavy atom. The van der Waals surface area contributed by atoms with Crippen molar-refractivity contribution in [3.05, 3.63) is 65.0 Å². The Hall–Kier alpha value is -2.66. The molecule has 5 heteroatoms. The first-order valence-electron chi connectivity index (χ1n) is 13.6. The number of aromatic nitrogens is 2. The Balaban J connectivity index is 1.40. The third-order valence-corrected chi connectivity index (χ3v) is 10.4. The van der Waals surface area contributed by atoms with Crippen molar-refractivity contribution < 1.29 is 14.6 Å². The number of carbonyl (C=O) groups excluding carboxylic acids is 1. The van der Waals surface area contributed by atoms with Crippen LogP contribution in [0.1, 0.15) is 71.6 Å². The van der Waals surface area contributed by atoms with E-state index in [0.29, 0.717) is 11.8 Å². The molecule has 190 valence electrons. The summed E-state index contributed by atoms with van der Waals surface area (Å²) in [6.45, 7) is 10.7. The third-order valence-electron chi connectivity index (χ3n) is 10.4. The van der Waals surface area contributed by atoms with Crippen LogP contribution in [0.2, 0.25) is 0 Å². The first kappa shape index (κ1) is 23.7. The zero-order chi connectivity index (χ0) is 25.5. The Morgan fingerprint density at radius 1 is 1.22 bits per heavy atom. The molecule has 0 amide bonds. The highest BCUT2D eigenvalue weighted by molar-refractivity contribution is 5.69. The van der Waals surface area contributed by atoms with E-state index in [9.17, 15) is 9.90 Å². The third kappa shape index (κ3) is 3.04. The van der Waals surface area contributed by atoms with Crippen molar-refractivity contribution in [2.24, 2.45) is 34.5 Å². The van der Waals surface area contributed by atoms with Crippen molar-refractivity contribution in [1.82, 2.24) is 9.78 Å².